The Kier molecular flexibility index (Phi) is 9.33. The van der Waals surface area contributed by atoms with Gasteiger partial charge in [0.25, 0.3) is 0 Å². The van der Waals surface area contributed by atoms with Crippen molar-refractivity contribution in [1.29, 1.82) is 0 Å². The average molecular weight is 491 g/mol. The Balaban J connectivity index is 1.45. The van der Waals surface area contributed by atoms with Gasteiger partial charge >= 0.3 is 12.2 Å². The minimum absolute atomic E-state index is 0.414. The van der Waals surface area contributed by atoms with Gasteiger partial charge in [-0.1, -0.05) is 54.6 Å². The molecule has 190 valence electrons. The van der Waals surface area contributed by atoms with Crippen molar-refractivity contribution in [2.75, 3.05) is 18.5 Å². The van der Waals surface area contributed by atoms with Gasteiger partial charge in [0.05, 0.1) is 12.3 Å². The Labute approximate surface area is 212 Å². The predicted octanol–water partition coefficient (Wildman–Crippen LogP) is 6.52. The molecule has 0 saturated heterocycles. The number of carboxylic acid groups (broad SMARTS) is 1. The Hall–Kier alpha value is -4.00. The first-order valence-electron chi connectivity index (χ1n) is 12.1. The second-order valence-electron chi connectivity index (χ2n) is 9.45. The third-order valence-electron chi connectivity index (χ3n) is 5.29. The molecular weight excluding hydrogens is 456 g/mol. The molecule has 0 aliphatic rings. The van der Waals surface area contributed by atoms with Crippen LogP contribution in [0.2, 0.25) is 0 Å². The third-order valence-corrected chi connectivity index (χ3v) is 5.29. The minimum Gasteiger partial charge on any atom is -0.494 e. The fourth-order valence-corrected chi connectivity index (χ4v) is 3.68. The van der Waals surface area contributed by atoms with E-state index in [-0.39, 0.29) is 0 Å². The Bertz CT molecular complexity index is 1140. The Morgan fingerprint density at radius 2 is 1.58 bits per heavy atom. The topological polar surface area (TPSA) is 96.9 Å². The first-order chi connectivity index (χ1) is 17.2. The number of nitrogens with one attached hydrogen (secondary N) is 2. The van der Waals surface area contributed by atoms with Crippen molar-refractivity contribution in [1.82, 2.24) is 5.32 Å². The molecule has 0 aliphatic heterocycles. The lowest BCUT2D eigenvalue weighted by molar-refractivity contribution is 0.0528. The summed E-state index contributed by atoms with van der Waals surface area (Å²) in [5.74, 6) is 0.784. The molecule has 0 bridgehead atoms. The molecule has 0 atom stereocenters. The number of ether oxygens (including phenoxy) is 2. The predicted molar refractivity (Wildman–Crippen MR) is 142 cm³/mol. The van der Waals surface area contributed by atoms with Crippen LogP contribution in [0, 0.1) is 0 Å². The van der Waals surface area contributed by atoms with Crippen molar-refractivity contribution >= 4 is 17.9 Å². The van der Waals surface area contributed by atoms with E-state index in [1.165, 1.54) is 0 Å². The molecule has 7 nitrogen and oxygen atoms in total. The van der Waals surface area contributed by atoms with Gasteiger partial charge in [-0.3, -0.25) is 5.32 Å². The molecule has 0 spiro atoms. The quantitative estimate of drug-likeness (QED) is 0.281. The summed E-state index contributed by atoms with van der Waals surface area (Å²) in [7, 11) is 0. The van der Waals surface area contributed by atoms with Crippen LogP contribution in [0.15, 0.2) is 72.8 Å². The first-order valence-corrected chi connectivity index (χ1v) is 12.1. The molecule has 0 unspecified atom stereocenters. The van der Waals surface area contributed by atoms with Crippen LogP contribution in [0.4, 0.5) is 15.3 Å². The number of amides is 2. The molecule has 0 aromatic heterocycles. The summed E-state index contributed by atoms with van der Waals surface area (Å²) in [6.45, 7) is 6.54. The number of anilines is 1. The van der Waals surface area contributed by atoms with Crippen molar-refractivity contribution in [3.63, 3.8) is 0 Å². The van der Waals surface area contributed by atoms with Gasteiger partial charge in [-0.2, -0.15) is 0 Å². The molecule has 7 heteroatoms. The molecule has 2 amide bonds. The second kappa shape index (κ2) is 12.6. The van der Waals surface area contributed by atoms with Gasteiger partial charge in [0.15, 0.2) is 0 Å². The highest BCUT2D eigenvalue weighted by atomic mass is 16.6. The summed E-state index contributed by atoms with van der Waals surface area (Å²) in [6, 6.07) is 23.4. The standard InChI is InChI=1S/C29H34N2O5/c1-29(2,3)36-28(34)30-18-17-21-11-14-24(15-12-21)35-19-7-8-22-13-16-25(23-9-5-4-6-10-23)26(20-22)31-27(32)33/h4-6,9-16,20,31H,7-8,17-19H2,1-3H3,(H,30,34)(H,32,33). The molecule has 0 saturated carbocycles. The molecule has 36 heavy (non-hydrogen) atoms. The van der Waals surface area contributed by atoms with Gasteiger partial charge in [-0.15, -0.1) is 0 Å². The normalized spacial score (nSPS) is 11.0. The van der Waals surface area contributed by atoms with Crippen LogP contribution in [0.25, 0.3) is 11.1 Å². The number of benzene rings is 3. The zero-order valence-corrected chi connectivity index (χ0v) is 21.0. The monoisotopic (exact) mass is 490 g/mol. The Morgan fingerprint density at radius 1 is 0.889 bits per heavy atom. The van der Waals surface area contributed by atoms with Crippen LogP contribution < -0.4 is 15.4 Å². The minimum atomic E-state index is -1.09. The number of carbonyl (C=O) groups is 2. The fourth-order valence-electron chi connectivity index (χ4n) is 3.68. The van der Waals surface area contributed by atoms with E-state index in [0.29, 0.717) is 25.3 Å². The largest absolute Gasteiger partial charge is 0.494 e. The van der Waals surface area contributed by atoms with Crippen LogP contribution >= 0.6 is 0 Å². The maximum Gasteiger partial charge on any atom is 0.409 e. The lowest BCUT2D eigenvalue weighted by atomic mass is 10.00. The summed E-state index contributed by atoms with van der Waals surface area (Å²) in [6.07, 6.45) is 0.752. The molecule has 0 radical (unpaired) electrons. The van der Waals surface area contributed by atoms with Crippen LogP contribution in [0.1, 0.15) is 38.3 Å². The maximum atomic E-state index is 11.7. The van der Waals surface area contributed by atoms with Gasteiger partial charge in [-0.25, -0.2) is 9.59 Å². The third kappa shape index (κ3) is 8.98. The number of alkyl carbamates (subject to hydrolysis) is 1. The zero-order chi connectivity index (χ0) is 26.0. The highest BCUT2D eigenvalue weighted by Gasteiger charge is 2.15. The van der Waals surface area contributed by atoms with Gasteiger partial charge in [0.1, 0.15) is 11.4 Å². The van der Waals surface area contributed by atoms with Crippen molar-refractivity contribution < 1.29 is 24.2 Å². The van der Waals surface area contributed by atoms with Gasteiger partial charge in [0.2, 0.25) is 0 Å². The molecule has 3 rings (SSSR count). The van der Waals surface area contributed by atoms with E-state index in [1.54, 1.807) is 0 Å². The average Bonchev–Trinajstić information content (AvgIpc) is 2.82. The van der Waals surface area contributed by atoms with E-state index in [1.807, 2.05) is 93.6 Å². The lowest BCUT2D eigenvalue weighted by Gasteiger charge is -2.19. The van der Waals surface area contributed by atoms with Crippen LogP contribution in [0.3, 0.4) is 0 Å². The van der Waals surface area contributed by atoms with Crippen molar-refractivity contribution in [2.24, 2.45) is 0 Å². The number of carbonyl (C=O) groups excluding carboxylic acids is 1. The molecular formula is C29H34N2O5. The first kappa shape index (κ1) is 26.6. The maximum absolute atomic E-state index is 11.7. The zero-order valence-electron chi connectivity index (χ0n) is 21.0. The fraction of sp³-hybridized carbons (Fsp3) is 0.310. The van der Waals surface area contributed by atoms with E-state index in [4.69, 9.17) is 9.47 Å². The number of hydrogen-bond donors (Lipinski definition) is 3. The molecule has 3 aromatic carbocycles. The highest BCUT2D eigenvalue weighted by molar-refractivity contribution is 5.90. The number of aryl methyl sites for hydroxylation is 1. The molecule has 0 heterocycles. The summed E-state index contributed by atoms with van der Waals surface area (Å²) >= 11 is 0. The van der Waals surface area contributed by atoms with Crippen LogP contribution in [-0.2, 0) is 17.6 Å². The molecule has 0 fully saturated rings. The summed E-state index contributed by atoms with van der Waals surface area (Å²) < 4.78 is 11.1. The van der Waals surface area contributed by atoms with Crippen LogP contribution in [-0.4, -0.2) is 36.0 Å². The summed E-state index contributed by atoms with van der Waals surface area (Å²) in [5.41, 5.74) is 4.00. The smallest absolute Gasteiger partial charge is 0.409 e. The van der Waals surface area contributed by atoms with Crippen molar-refractivity contribution in [3.05, 3.63) is 83.9 Å². The van der Waals surface area contributed by atoms with Gasteiger partial charge in [0, 0.05) is 12.1 Å². The summed E-state index contributed by atoms with van der Waals surface area (Å²) in [4.78, 5) is 23.0. The summed E-state index contributed by atoms with van der Waals surface area (Å²) in [5, 5.41) is 14.5. The van der Waals surface area contributed by atoms with E-state index in [2.05, 4.69) is 10.6 Å². The van der Waals surface area contributed by atoms with Crippen molar-refractivity contribution in [3.8, 4) is 16.9 Å². The van der Waals surface area contributed by atoms with E-state index >= 15 is 0 Å². The SMILES string of the molecule is CC(C)(C)OC(=O)NCCc1ccc(OCCCc2ccc(-c3ccccc3)c(NC(=O)O)c2)cc1. The Morgan fingerprint density at radius 3 is 2.25 bits per heavy atom. The molecule has 3 aromatic rings. The van der Waals surface area contributed by atoms with E-state index in [0.717, 1.165) is 40.8 Å². The van der Waals surface area contributed by atoms with Gasteiger partial charge in [-0.05, 0) is 74.9 Å². The molecule has 3 N–H and O–H groups in total. The number of rotatable bonds is 10. The van der Waals surface area contributed by atoms with E-state index in [9.17, 15) is 14.7 Å². The highest BCUT2D eigenvalue weighted by Crippen LogP contribution is 2.29. The van der Waals surface area contributed by atoms with Crippen molar-refractivity contribution in [2.45, 2.75) is 45.6 Å². The second-order valence-corrected chi connectivity index (χ2v) is 9.45. The lowest BCUT2D eigenvalue weighted by Crippen LogP contribution is -2.33. The van der Waals surface area contributed by atoms with Crippen LogP contribution in [0.5, 0.6) is 5.75 Å². The van der Waals surface area contributed by atoms with E-state index < -0.39 is 17.8 Å². The molecule has 0 aliphatic carbocycles. The van der Waals surface area contributed by atoms with Gasteiger partial charge < -0.3 is 19.9 Å². The number of hydrogen-bond acceptors (Lipinski definition) is 4.